The molecule has 3 nitrogen and oxygen atoms in total. The summed E-state index contributed by atoms with van der Waals surface area (Å²) in [5, 5.41) is 0. The van der Waals surface area contributed by atoms with Crippen LogP contribution in [0.15, 0.2) is 72.8 Å². The molecule has 0 saturated heterocycles. The molecule has 1 heterocycles. The Kier molecular flexibility index (Phi) is 18.1. The van der Waals surface area contributed by atoms with E-state index in [4.69, 9.17) is 4.74 Å². The molecule has 0 radical (unpaired) electrons. The van der Waals surface area contributed by atoms with Crippen molar-refractivity contribution in [3.8, 4) is 0 Å². The topological polar surface area (TPSA) is 29.5 Å². The summed E-state index contributed by atoms with van der Waals surface area (Å²) in [5.74, 6) is -0.314. The predicted molar refractivity (Wildman–Crippen MR) is 160 cm³/mol. The fraction of sp³-hybridized carbons (Fsp3) is 0.364. The summed E-state index contributed by atoms with van der Waals surface area (Å²) in [6, 6.07) is 24.4. The molecule has 0 saturated carbocycles. The van der Waals surface area contributed by atoms with Crippen LogP contribution < -0.4 is 4.90 Å². The minimum Gasteiger partial charge on any atom is -0.465 e. The molecule has 0 bridgehead atoms. The fourth-order valence-electron chi connectivity index (χ4n) is 3.27. The van der Waals surface area contributed by atoms with Crippen molar-refractivity contribution in [2.75, 3.05) is 12.0 Å². The highest BCUT2D eigenvalue weighted by Gasteiger charge is 2.18. The van der Waals surface area contributed by atoms with E-state index in [0.29, 0.717) is 5.56 Å². The van der Waals surface area contributed by atoms with Gasteiger partial charge in [0.1, 0.15) is 0 Å². The number of fused-ring (bicyclic) bond motifs is 2. The summed E-state index contributed by atoms with van der Waals surface area (Å²) >= 11 is 0. The van der Waals surface area contributed by atoms with Crippen molar-refractivity contribution in [1.82, 2.24) is 0 Å². The maximum Gasteiger partial charge on any atom is 0.337 e. The number of ether oxygens (including phenoxy) is 1. The second-order valence-electron chi connectivity index (χ2n) is 7.23. The highest BCUT2D eigenvalue weighted by molar-refractivity contribution is 5.90. The van der Waals surface area contributed by atoms with Crippen molar-refractivity contribution in [3.63, 3.8) is 0 Å². The minimum absolute atomic E-state index is 0.314. The van der Waals surface area contributed by atoms with Gasteiger partial charge in [-0.25, -0.2) is 4.79 Å². The number of unbranched alkanes of at least 4 members (excludes halogenated alkanes) is 1. The second-order valence-corrected chi connectivity index (χ2v) is 7.23. The zero-order valence-corrected chi connectivity index (χ0v) is 24.0. The number of benzene rings is 3. The lowest BCUT2D eigenvalue weighted by molar-refractivity contribution is 0.0600. The number of nitrogens with zero attached hydrogens (tertiary/aromatic N) is 1. The lowest BCUT2D eigenvalue weighted by Crippen LogP contribution is -2.17. The fourth-order valence-corrected chi connectivity index (χ4v) is 3.27. The van der Waals surface area contributed by atoms with Gasteiger partial charge < -0.3 is 9.64 Å². The average molecular weight is 490 g/mol. The largest absolute Gasteiger partial charge is 0.465 e. The van der Waals surface area contributed by atoms with Crippen LogP contribution in [0.5, 0.6) is 0 Å². The van der Waals surface area contributed by atoms with E-state index in [2.05, 4.69) is 79.4 Å². The molecule has 0 spiro atoms. The van der Waals surface area contributed by atoms with E-state index in [1.54, 1.807) is 0 Å². The Morgan fingerprint density at radius 1 is 0.667 bits per heavy atom. The van der Waals surface area contributed by atoms with Crippen molar-refractivity contribution < 1.29 is 9.53 Å². The quantitative estimate of drug-likeness (QED) is 0.341. The Labute approximate surface area is 220 Å². The molecule has 3 aromatic rings. The summed E-state index contributed by atoms with van der Waals surface area (Å²) in [6.07, 6.45) is 6.96. The summed E-state index contributed by atoms with van der Waals surface area (Å²) < 4.78 is 4.78. The van der Waals surface area contributed by atoms with E-state index in [0.717, 1.165) is 12.1 Å². The zero-order chi connectivity index (χ0) is 27.3. The number of para-hydroxylation sites is 2. The normalized spacial score (nSPS) is 10.1. The van der Waals surface area contributed by atoms with Crippen LogP contribution in [-0.4, -0.2) is 13.1 Å². The van der Waals surface area contributed by atoms with E-state index in [1.165, 1.54) is 42.5 Å². The highest BCUT2D eigenvalue weighted by atomic mass is 16.5. The van der Waals surface area contributed by atoms with Gasteiger partial charge in [0.25, 0.3) is 0 Å². The molecule has 1 aliphatic rings. The first-order valence-electron chi connectivity index (χ1n) is 13.5. The molecule has 0 aliphatic carbocycles. The molecular weight excluding hydrogens is 442 g/mol. The lowest BCUT2D eigenvalue weighted by atomic mass is 10.1. The number of rotatable bonds is 4. The number of hydrogen-bond acceptors (Lipinski definition) is 3. The van der Waals surface area contributed by atoms with E-state index < -0.39 is 0 Å². The number of methoxy groups -OCH3 is 1. The van der Waals surface area contributed by atoms with Gasteiger partial charge in [0.05, 0.1) is 12.7 Å². The van der Waals surface area contributed by atoms with Crippen LogP contribution in [0.2, 0.25) is 0 Å². The van der Waals surface area contributed by atoms with Crippen LogP contribution in [0.25, 0.3) is 12.2 Å². The molecule has 0 unspecified atom stereocenters. The number of hydrogen-bond donors (Lipinski definition) is 0. The zero-order valence-electron chi connectivity index (χ0n) is 24.0. The predicted octanol–water partition coefficient (Wildman–Crippen LogP) is 10.2. The second kappa shape index (κ2) is 19.9. The highest BCUT2D eigenvalue weighted by Crippen LogP contribution is 2.37. The third-order valence-electron chi connectivity index (χ3n) is 5.11. The van der Waals surface area contributed by atoms with Gasteiger partial charge in [0.2, 0.25) is 0 Å². The molecular formula is C33H47NO2. The van der Waals surface area contributed by atoms with Gasteiger partial charge in [-0.1, -0.05) is 129 Å². The molecule has 0 amide bonds. The summed E-state index contributed by atoms with van der Waals surface area (Å²) in [6.45, 7) is 17.1. The van der Waals surface area contributed by atoms with Gasteiger partial charge in [0, 0.05) is 17.9 Å². The number of carbonyl (C=O) groups excluding carboxylic acids is 1. The van der Waals surface area contributed by atoms with E-state index in [1.807, 2.05) is 65.8 Å². The van der Waals surface area contributed by atoms with Gasteiger partial charge in [-0.15, -0.1) is 0 Å². The smallest absolute Gasteiger partial charge is 0.337 e. The molecule has 4 rings (SSSR count). The van der Waals surface area contributed by atoms with Crippen molar-refractivity contribution in [2.45, 2.75) is 74.8 Å². The first kappa shape index (κ1) is 32.7. The Morgan fingerprint density at radius 2 is 1.08 bits per heavy atom. The van der Waals surface area contributed by atoms with Crippen LogP contribution in [0.4, 0.5) is 11.4 Å². The third-order valence-corrected chi connectivity index (χ3v) is 5.11. The molecule has 0 N–H and O–H groups in total. The van der Waals surface area contributed by atoms with Crippen molar-refractivity contribution in [3.05, 3.63) is 95.1 Å². The van der Waals surface area contributed by atoms with E-state index in [9.17, 15) is 4.79 Å². The van der Waals surface area contributed by atoms with Crippen LogP contribution in [0.3, 0.4) is 0 Å². The SMILES string of the molecule is CC.CC.CC.CCCC.COC(=O)c1ccc(CN2c3ccccc3C=Cc3ccccc32)cc1. The molecule has 196 valence electrons. The van der Waals surface area contributed by atoms with Crippen LogP contribution >= 0.6 is 0 Å². The molecule has 0 aromatic heterocycles. The van der Waals surface area contributed by atoms with Gasteiger partial charge in [-0.3, -0.25) is 0 Å². The molecule has 3 heteroatoms. The first-order valence-corrected chi connectivity index (χ1v) is 13.5. The van der Waals surface area contributed by atoms with Gasteiger partial charge >= 0.3 is 5.97 Å². The van der Waals surface area contributed by atoms with Gasteiger partial charge in [0.15, 0.2) is 0 Å². The number of carbonyl (C=O) groups is 1. The Morgan fingerprint density at radius 3 is 1.47 bits per heavy atom. The molecule has 0 atom stereocenters. The molecule has 36 heavy (non-hydrogen) atoms. The number of anilines is 2. The van der Waals surface area contributed by atoms with Crippen LogP contribution in [0, 0.1) is 0 Å². The third kappa shape index (κ3) is 9.73. The van der Waals surface area contributed by atoms with Crippen LogP contribution in [0.1, 0.15) is 95.3 Å². The van der Waals surface area contributed by atoms with Crippen LogP contribution in [-0.2, 0) is 11.3 Å². The van der Waals surface area contributed by atoms with Crippen molar-refractivity contribution >= 4 is 29.5 Å². The average Bonchev–Trinajstić information content (AvgIpc) is 3.13. The molecule has 1 aliphatic heterocycles. The molecule has 3 aromatic carbocycles. The van der Waals surface area contributed by atoms with Gasteiger partial charge in [-0.2, -0.15) is 0 Å². The summed E-state index contributed by atoms with van der Waals surface area (Å²) in [7, 11) is 1.40. The number of esters is 1. The standard InChI is InChI=1S/C23H19NO2.C4H10.3C2H6/c1-26-23(25)20-12-10-17(11-13-20)16-24-21-8-4-2-6-18(21)14-15-19-7-3-5-9-22(19)24;1-3-4-2;3*1-2/h2-15H,16H2,1H3;3-4H2,1-2H3;3*1-2H3. The minimum atomic E-state index is -0.314. The monoisotopic (exact) mass is 489 g/mol. The van der Waals surface area contributed by atoms with Gasteiger partial charge in [-0.05, 0) is 41.0 Å². The van der Waals surface area contributed by atoms with E-state index in [-0.39, 0.29) is 5.97 Å². The maximum absolute atomic E-state index is 11.6. The lowest BCUT2D eigenvalue weighted by Gasteiger charge is -2.27. The Balaban J connectivity index is 0.00000108. The van der Waals surface area contributed by atoms with Crippen molar-refractivity contribution in [2.24, 2.45) is 0 Å². The Hall–Kier alpha value is -3.33. The molecule has 0 fully saturated rings. The summed E-state index contributed by atoms with van der Waals surface area (Å²) in [5.41, 5.74) is 6.42. The van der Waals surface area contributed by atoms with Crippen molar-refractivity contribution in [1.29, 1.82) is 0 Å². The maximum atomic E-state index is 11.6. The first-order chi connectivity index (χ1) is 17.7. The summed E-state index contributed by atoms with van der Waals surface area (Å²) in [4.78, 5) is 14.0. The van der Waals surface area contributed by atoms with E-state index >= 15 is 0 Å². The Bertz CT molecular complexity index is 955.